The number of fused-ring (bicyclic) bond motifs is 1. The molecule has 1 aromatic carbocycles. The van der Waals surface area contributed by atoms with Crippen LogP contribution >= 0.6 is 0 Å². The molecule has 1 unspecified atom stereocenters. The fraction of sp³-hybridized carbons (Fsp3) is 0.364. The monoisotopic (exact) mass is 455 g/mol. The van der Waals surface area contributed by atoms with Crippen LogP contribution in [0.2, 0.25) is 0 Å². The number of carbonyl (C=O) groups is 3. The fourth-order valence-electron chi connectivity index (χ4n) is 3.87. The first-order chi connectivity index (χ1) is 16.0. The number of piperazine rings is 1. The maximum atomic E-state index is 12.9. The lowest BCUT2D eigenvalue weighted by molar-refractivity contribution is -0.121. The van der Waals surface area contributed by atoms with E-state index in [1.165, 1.54) is 7.05 Å². The second kappa shape index (κ2) is 10.7. The van der Waals surface area contributed by atoms with Gasteiger partial charge in [-0.3, -0.25) is 9.59 Å². The lowest BCUT2D eigenvalue weighted by atomic mass is 10.1. The molecule has 0 aliphatic carbocycles. The minimum absolute atomic E-state index is 0.0749. The number of benzene rings is 1. The number of hydrogen-bond acceptors (Lipinski definition) is 8. The second-order valence-corrected chi connectivity index (χ2v) is 7.42. The van der Waals surface area contributed by atoms with Gasteiger partial charge in [0.05, 0.1) is 11.0 Å². The number of nitrogen functional groups attached to an aromatic ring is 1. The Hall–Kier alpha value is -3.70. The summed E-state index contributed by atoms with van der Waals surface area (Å²) in [7, 11) is 1.50. The molecule has 0 saturated carbocycles. The molecule has 0 bridgehead atoms. The Labute approximate surface area is 190 Å². The van der Waals surface area contributed by atoms with Crippen molar-refractivity contribution in [1.29, 1.82) is 0 Å². The number of carbonyl (C=O) groups excluding carboxylic acids is 3. The molecule has 1 aliphatic rings. The molecule has 0 spiro atoms. The van der Waals surface area contributed by atoms with E-state index in [1.807, 2.05) is 0 Å². The van der Waals surface area contributed by atoms with E-state index in [-0.39, 0.29) is 24.6 Å². The third-order valence-corrected chi connectivity index (χ3v) is 5.39. The van der Waals surface area contributed by atoms with Gasteiger partial charge < -0.3 is 41.2 Å². The van der Waals surface area contributed by atoms with E-state index < -0.39 is 11.9 Å². The number of nitrogens with zero attached hydrogens (tertiary/aromatic N) is 3. The number of rotatable bonds is 7. The molecule has 1 fully saturated rings. The van der Waals surface area contributed by atoms with Crippen LogP contribution in [0.1, 0.15) is 29.2 Å². The lowest BCUT2D eigenvalue weighted by Gasteiger charge is -2.27. The molecule has 1 aliphatic heterocycles. The molecule has 176 valence electrons. The van der Waals surface area contributed by atoms with Crippen LogP contribution in [0.4, 0.5) is 5.88 Å². The predicted octanol–water partition coefficient (Wildman–Crippen LogP) is 0.504. The van der Waals surface area contributed by atoms with E-state index in [0.29, 0.717) is 41.3 Å². The molecule has 0 radical (unpaired) electrons. The van der Waals surface area contributed by atoms with Gasteiger partial charge in [0.25, 0.3) is 5.91 Å². The quantitative estimate of drug-likeness (QED) is 0.372. The molecule has 1 saturated heterocycles. The van der Waals surface area contributed by atoms with Gasteiger partial charge in [-0.1, -0.05) is 0 Å². The molecule has 33 heavy (non-hydrogen) atoms. The van der Waals surface area contributed by atoms with Gasteiger partial charge in [0.1, 0.15) is 12.3 Å². The average Bonchev–Trinajstić information content (AvgIpc) is 3.43. The van der Waals surface area contributed by atoms with E-state index in [9.17, 15) is 14.4 Å². The molecule has 4 rings (SSSR count). The van der Waals surface area contributed by atoms with Crippen molar-refractivity contribution < 1.29 is 18.8 Å². The van der Waals surface area contributed by atoms with Gasteiger partial charge in [0, 0.05) is 44.2 Å². The van der Waals surface area contributed by atoms with E-state index in [1.54, 1.807) is 39.8 Å². The number of aldehydes is 1. The van der Waals surface area contributed by atoms with Crippen molar-refractivity contribution in [3.8, 4) is 11.6 Å². The number of primary amides is 1. The Morgan fingerprint density at radius 1 is 1.21 bits per heavy atom. The molecule has 7 N–H and O–H groups in total. The van der Waals surface area contributed by atoms with Crippen LogP contribution in [0.5, 0.6) is 0 Å². The van der Waals surface area contributed by atoms with Crippen molar-refractivity contribution in [1.82, 2.24) is 19.8 Å². The number of aromatic nitrogens is 2. The maximum Gasteiger partial charge on any atom is 0.254 e. The minimum Gasteiger partial charge on any atom is -0.438 e. The third kappa shape index (κ3) is 5.04. The van der Waals surface area contributed by atoms with E-state index in [4.69, 9.17) is 15.9 Å². The number of hydrogen-bond donors (Lipinski definition) is 4. The van der Waals surface area contributed by atoms with Crippen molar-refractivity contribution in [3.63, 3.8) is 0 Å². The van der Waals surface area contributed by atoms with Crippen LogP contribution < -0.4 is 22.5 Å². The third-order valence-electron chi connectivity index (χ3n) is 5.39. The average molecular weight is 456 g/mol. The zero-order valence-electron chi connectivity index (χ0n) is 18.5. The van der Waals surface area contributed by atoms with Gasteiger partial charge in [-0.15, -0.1) is 0 Å². The van der Waals surface area contributed by atoms with Crippen molar-refractivity contribution >= 4 is 35.0 Å². The van der Waals surface area contributed by atoms with Gasteiger partial charge >= 0.3 is 0 Å². The summed E-state index contributed by atoms with van der Waals surface area (Å²) in [6.45, 7) is 2.78. The summed E-state index contributed by atoms with van der Waals surface area (Å²) in [6, 6.07) is 7.57. The van der Waals surface area contributed by atoms with Crippen molar-refractivity contribution in [2.45, 2.75) is 18.9 Å². The summed E-state index contributed by atoms with van der Waals surface area (Å²) in [5, 5.41) is 3.22. The van der Waals surface area contributed by atoms with Crippen LogP contribution in [0.3, 0.4) is 0 Å². The van der Waals surface area contributed by atoms with Crippen LogP contribution in [0.25, 0.3) is 22.6 Å². The number of amides is 2. The van der Waals surface area contributed by atoms with Crippen LogP contribution in [-0.4, -0.2) is 65.8 Å². The molecule has 3 aromatic rings. The van der Waals surface area contributed by atoms with Crippen molar-refractivity contribution in [3.05, 3.63) is 35.9 Å². The lowest BCUT2D eigenvalue weighted by Crippen LogP contribution is -2.46. The highest BCUT2D eigenvalue weighted by molar-refractivity contribution is 5.98. The summed E-state index contributed by atoms with van der Waals surface area (Å²) in [5.41, 5.74) is 17.5. The number of nitrogens with two attached hydrogens (primary N) is 3. The topological polar surface area (TPSA) is 176 Å². The van der Waals surface area contributed by atoms with Gasteiger partial charge in [0.15, 0.2) is 17.5 Å². The zero-order valence-corrected chi connectivity index (χ0v) is 18.5. The summed E-state index contributed by atoms with van der Waals surface area (Å²) in [6.07, 6.45) is 1.12. The highest BCUT2D eigenvalue weighted by Gasteiger charge is 2.27. The van der Waals surface area contributed by atoms with E-state index >= 15 is 0 Å². The summed E-state index contributed by atoms with van der Waals surface area (Å²) < 4.78 is 7.19. The van der Waals surface area contributed by atoms with Gasteiger partial charge in [-0.05, 0) is 37.7 Å². The molecule has 11 heteroatoms. The number of nitrogens with one attached hydrogen (secondary N) is 1. The fourth-order valence-corrected chi connectivity index (χ4v) is 3.87. The summed E-state index contributed by atoms with van der Waals surface area (Å²) in [5.74, 6) is 0.248. The number of furan rings is 1. The normalized spacial score (nSPS) is 14.4. The standard InChI is InChI=1S/C21H24N6O4.CH5N/c22-18-6-5-17(31-18)20-25-14-12-13(21(30)26-9-7-24-8-10-26)3-4-15(14)27(20)16(19(23)29)2-1-11-28;1-2/h3-6,11-12,16,24H,1-2,7-10,22H2,(H2,23,29);2H2,1H3. The molecule has 2 amide bonds. The summed E-state index contributed by atoms with van der Waals surface area (Å²) >= 11 is 0. The molecule has 11 nitrogen and oxygen atoms in total. The zero-order chi connectivity index (χ0) is 24.0. The first-order valence-electron chi connectivity index (χ1n) is 10.7. The van der Waals surface area contributed by atoms with Gasteiger partial charge in [0.2, 0.25) is 5.91 Å². The summed E-state index contributed by atoms with van der Waals surface area (Å²) in [4.78, 5) is 42.5. The van der Waals surface area contributed by atoms with Gasteiger partial charge in [-0.25, -0.2) is 4.98 Å². The van der Waals surface area contributed by atoms with E-state index in [0.717, 1.165) is 19.4 Å². The van der Waals surface area contributed by atoms with E-state index in [2.05, 4.69) is 16.0 Å². The molecule has 3 heterocycles. The highest BCUT2D eigenvalue weighted by atomic mass is 16.4. The van der Waals surface area contributed by atoms with Gasteiger partial charge in [-0.2, -0.15) is 0 Å². The largest absolute Gasteiger partial charge is 0.438 e. The van der Waals surface area contributed by atoms with Crippen molar-refractivity contribution in [2.75, 3.05) is 39.0 Å². The maximum absolute atomic E-state index is 12.9. The first-order valence-corrected chi connectivity index (χ1v) is 10.7. The molecule has 2 aromatic heterocycles. The van der Waals surface area contributed by atoms with Crippen LogP contribution in [-0.2, 0) is 9.59 Å². The Bertz CT molecular complexity index is 1130. The Morgan fingerprint density at radius 3 is 2.55 bits per heavy atom. The number of anilines is 1. The van der Waals surface area contributed by atoms with Crippen LogP contribution in [0, 0.1) is 0 Å². The Balaban J connectivity index is 0.00000149. The Morgan fingerprint density at radius 2 is 1.94 bits per heavy atom. The second-order valence-electron chi connectivity index (χ2n) is 7.42. The van der Waals surface area contributed by atoms with Crippen LogP contribution in [0.15, 0.2) is 34.7 Å². The molecular formula is C22H29N7O4. The molecular weight excluding hydrogens is 426 g/mol. The highest BCUT2D eigenvalue weighted by Crippen LogP contribution is 2.32. The number of imidazole rings is 1. The Kier molecular flexibility index (Phi) is 7.80. The SMILES string of the molecule is CN.NC(=O)C(CCC=O)n1c(-c2ccc(N)o2)nc2cc(C(=O)N3CCNCC3)ccc21. The predicted molar refractivity (Wildman–Crippen MR) is 124 cm³/mol. The van der Waals surface area contributed by atoms with Crippen molar-refractivity contribution in [2.24, 2.45) is 11.5 Å². The first kappa shape index (κ1) is 24.0. The minimum atomic E-state index is -0.814. The smallest absolute Gasteiger partial charge is 0.254 e. The molecule has 1 atom stereocenters.